The van der Waals surface area contributed by atoms with Crippen molar-refractivity contribution in [3.8, 4) is 0 Å². The molecule has 10 heteroatoms. The van der Waals surface area contributed by atoms with Gasteiger partial charge in [-0.05, 0) is 52.7 Å². The van der Waals surface area contributed by atoms with E-state index in [4.69, 9.17) is 4.74 Å². The van der Waals surface area contributed by atoms with Crippen LogP contribution in [0.15, 0.2) is 35.3 Å². The lowest BCUT2D eigenvalue weighted by atomic mass is 9.76. The van der Waals surface area contributed by atoms with E-state index in [0.717, 1.165) is 55.8 Å². The van der Waals surface area contributed by atoms with Gasteiger partial charge in [-0.2, -0.15) is 5.10 Å². The zero-order chi connectivity index (χ0) is 27.7. The zero-order valence-electron chi connectivity index (χ0n) is 23.9. The van der Waals surface area contributed by atoms with Gasteiger partial charge in [0.2, 0.25) is 0 Å². The molecule has 0 radical (unpaired) electrons. The predicted molar refractivity (Wildman–Crippen MR) is 153 cm³/mol. The zero-order valence-corrected chi connectivity index (χ0v) is 23.9. The average molecular weight is 540 g/mol. The number of nitrogens with one attached hydrogen (secondary N) is 1. The Hall–Kier alpha value is -2.98. The molecule has 0 bridgehead atoms. The number of fused-ring (bicyclic) bond motifs is 1. The van der Waals surface area contributed by atoms with Gasteiger partial charge in [0.15, 0.2) is 0 Å². The highest BCUT2D eigenvalue weighted by molar-refractivity contribution is 5.84. The lowest BCUT2D eigenvalue weighted by Crippen LogP contribution is -2.53. The first-order valence-electron chi connectivity index (χ1n) is 14.2. The van der Waals surface area contributed by atoms with Gasteiger partial charge in [-0.25, -0.2) is 13.7 Å². The maximum atomic E-state index is 15.7. The standard InChI is InChI=1S/C29H42FN7O2/c1-20(2)33-28(38)36-14-12-35(13-15-36)25-6-9-32-37-19-22(16-26(25)37)27-24(30)17-23(18-31-27)29(39-5)7-10-34(11-8-29)21(3)4/h6,9,16,18-21,23H,7-8,10-15,17H2,1-5H3,(H,33,38). The molecule has 1 N–H and O–H groups in total. The molecule has 5 heterocycles. The number of nitrogens with zero attached hydrogens (tertiary/aromatic N) is 6. The van der Waals surface area contributed by atoms with Crippen molar-refractivity contribution >= 4 is 29.1 Å². The summed E-state index contributed by atoms with van der Waals surface area (Å²) in [5.74, 6) is -0.289. The number of likely N-dealkylation sites (tertiary alicyclic amines) is 1. The molecule has 0 aromatic carbocycles. The van der Waals surface area contributed by atoms with E-state index in [2.05, 4.69) is 39.1 Å². The summed E-state index contributed by atoms with van der Waals surface area (Å²) in [5, 5.41) is 7.45. The third-order valence-corrected chi connectivity index (χ3v) is 8.58. The van der Waals surface area contributed by atoms with Crippen molar-refractivity contribution in [2.24, 2.45) is 10.9 Å². The number of carbonyl (C=O) groups is 1. The summed E-state index contributed by atoms with van der Waals surface area (Å²) in [5.41, 5.74) is 2.64. The van der Waals surface area contributed by atoms with Crippen LogP contribution < -0.4 is 10.2 Å². The van der Waals surface area contributed by atoms with E-state index in [1.165, 1.54) is 0 Å². The van der Waals surface area contributed by atoms with Crippen LogP contribution in [0.5, 0.6) is 0 Å². The van der Waals surface area contributed by atoms with Crippen molar-refractivity contribution < 1.29 is 13.9 Å². The molecule has 212 valence electrons. The van der Waals surface area contributed by atoms with Crippen molar-refractivity contribution in [2.45, 2.75) is 64.6 Å². The van der Waals surface area contributed by atoms with E-state index in [-0.39, 0.29) is 29.4 Å². The predicted octanol–water partition coefficient (Wildman–Crippen LogP) is 4.19. The first-order valence-corrected chi connectivity index (χ1v) is 14.2. The quantitative estimate of drug-likeness (QED) is 0.596. The molecular weight excluding hydrogens is 497 g/mol. The highest BCUT2D eigenvalue weighted by Crippen LogP contribution is 2.41. The first kappa shape index (κ1) is 27.6. The minimum Gasteiger partial charge on any atom is -0.377 e. The van der Waals surface area contributed by atoms with Gasteiger partial charge in [-0.3, -0.25) is 4.99 Å². The number of piperazine rings is 1. The third-order valence-electron chi connectivity index (χ3n) is 8.58. The minimum atomic E-state index is -0.383. The monoisotopic (exact) mass is 539 g/mol. The van der Waals surface area contributed by atoms with Crippen LogP contribution in [-0.4, -0.2) is 95.7 Å². The van der Waals surface area contributed by atoms with Crippen LogP contribution >= 0.6 is 0 Å². The number of methoxy groups -OCH3 is 1. The molecular formula is C29H42FN7O2. The fourth-order valence-electron chi connectivity index (χ4n) is 6.16. The molecule has 0 spiro atoms. The Kier molecular flexibility index (Phi) is 7.96. The Morgan fingerprint density at radius 1 is 1.13 bits per heavy atom. The van der Waals surface area contributed by atoms with E-state index < -0.39 is 0 Å². The van der Waals surface area contributed by atoms with Gasteiger partial charge < -0.3 is 24.8 Å². The molecule has 3 aliphatic rings. The summed E-state index contributed by atoms with van der Waals surface area (Å²) >= 11 is 0. The lowest BCUT2D eigenvalue weighted by Gasteiger charge is -2.46. The number of hydrogen-bond donors (Lipinski definition) is 1. The van der Waals surface area contributed by atoms with Crippen molar-refractivity contribution in [3.63, 3.8) is 0 Å². The molecule has 2 aromatic heterocycles. The number of anilines is 1. The Morgan fingerprint density at radius 2 is 1.85 bits per heavy atom. The first-order chi connectivity index (χ1) is 18.7. The summed E-state index contributed by atoms with van der Waals surface area (Å²) in [4.78, 5) is 23.6. The Balaban J connectivity index is 1.31. The number of aliphatic imine (C=N–C) groups is 1. The molecule has 0 aliphatic carbocycles. The summed E-state index contributed by atoms with van der Waals surface area (Å²) in [7, 11) is 1.75. The topological polar surface area (TPSA) is 77.7 Å². The number of ether oxygens (including phenoxy) is 1. The van der Waals surface area contributed by atoms with Crippen molar-refractivity contribution in [3.05, 3.63) is 35.9 Å². The molecule has 1 atom stereocenters. The van der Waals surface area contributed by atoms with Crippen LogP contribution in [0.4, 0.5) is 14.9 Å². The molecule has 3 aliphatic heterocycles. The number of amides is 2. The smallest absolute Gasteiger partial charge is 0.317 e. The van der Waals surface area contributed by atoms with Crippen molar-refractivity contribution in [1.29, 1.82) is 0 Å². The summed E-state index contributed by atoms with van der Waals surface area (Å²) in [6.07, 6.45) is 7.56. The summed E-state index contributed by atoms with van der Waals surface area (Å²) < 4.78 is 23.5. The van der Waals surface area contributed by atoms with Crippen LogP contribution in [0.25, 0.3) is 11.2 Å². The molecule has 39 heavy (non-hydrogen) atoms. The minimum absolute atomic E-state index is 0.0221. The average Bonchev–Trinajstić information content (AvgIpc) is 3.37. The number of carbonyl (C=O) groups excluding carboxylic acids is 1. The van der Waals surface area contributed by atoms with Gasteiger partial charge in [0.25, 0.3) is 0 Å². The molecule has 1 unspecified atom stereocenters. The second-order valence-electron chi connectivity index (χ2n) is 11.6. The molecule has 0 saturated carbocycles. The second-order valence-corrected chi connectivity index (χ2v) is 11.6. The fraction of sp³-hybridized carbons (Fsp3) is 0.621. The van der Waals surface area contributed by atoms with Gasteiger partial charge in [0.1, 0.15) is 11.5 Å². The lowest BCUT2D eigenvalue weighted by molar-refractivity contribution is -0.0840. The molecule has 2 saturated heterocycles. The molecule has 9 nitrogen and oxygen atoms in total. The number of piperidine rings is 1. The van der Waals surface area contributed by atoms with E-state index >= 15 is 4.39 Å². The van der Waals surface area contributed by atoms with Crippen LogP contribution in [0.2, 0.25) is 0 Å². The molecule has 5 rings (SSSR count). The van der Waals surface area contributed by atoms with Crippen LogP contribution in [0.1, 0.15) is 52.5 Å². The van der Waals surface area contributed by atoms with Crippen molar-refractivity contribution in [2.75, 3.05) is 51.3 Å². The molecule has 2 amide bonds. The van der Waals surface area contributed by atoms with E-state index in [1.807, 2.05) is 43.3 Å². The number of aromatic nitrogens is 2. The van der Waals surface area contributed by atoms with Gasteiger partial charge in [-0.15, -0.1) is 0 Å². The molecule has 2 fully saturated rings. The number of hydrogen-bond acceptors (Lipinski definition) is 6. The van der Waals surface area contributed by atoms with Gasteiger partial charge in [-0.1, -0.05) is 0 Å². The van der Waals surface area contributed by atoms with Gasteiger partial charge >= 0.3 is 6.03 Å². The number of urea groups is 1. The third kappa shape index (κ3) is 5.54. The maximum Gasteiger partial charge on any atom is 0.317 e. The van der Waals surface area contributed by atoms with E-state index in [0.29, 0.717) is 31.2 Å². The summed E-state index contributed by atoms with van der Waals surface area (Å²) in [6, 6.07) is 4.55. The van der Waals surface area contributed by atoms with Gasteiger partial charge in [0.05, 0.1) is 16.8 Å². The molecule has 2 aromatic rings. The Morgan fingerprint density at radius 3 is 2.46 bits per heavy atom. The number of halogens is 1. The maximum absolute atomic E-state index is 15.7. The normalized spacial score (nSPS) is 22.4. The van der Waals surface area contributed by atoms with Crippen LogP contribution in [-0.2, 0) is 4.74 Å². The Labute approximate surface area is 230 Å². The Bertz CT molecular complexity index is 1240. The highest BCUT2D eigenvalue weighted by Gasteiger charge is 2.43. The number of rotatable bonds is 6. The van der Waals surface area contributed by atoms with Crippen LogP contribution in [0.3, 0.4) is 0 Å². The number of allylic oxidation sites excluding steroid dienone is 1. The second kappa shape index (κ2) is 11.3. The SMILES string of the molecule is COC1(C2C=NC(c3cc4c(N5CCN(C(=O)NC(C)C)CC5)ccnn4c3)=C(F)C2)CCN(C(C)C)CC1. The largest absolute Gasteiger partial charge is 0.377 e. The van der Waals surface area contributed by atoms with Crippen molar-refractivity contribution in [1.82, 2.24) is 24.7 Å². The fourth-order valence-corrected chi connectivity index (χ4v) is 6.16. The van der Waals surface area contributed by atoms with Gasteiger partial charge in [0, 0.05) is 95.0 Å². The highest BCUT2D eigenvalue weighted by atomic mass is 19.1. The van der Waals surface area contributed by atoms with Crippen LogP contribution in [0, 0.1) is 5.92 Å². The summed E-state index contributed by atoms with van der Waals surface area (Å²) in [6.45, 7) is 13.0. The van der Waals surface area contributed by atoms with E-state index in [9.17, 15) is 4.79 Å². The van der Waals surface area contributed by atoms with E-state index in [1.54, 1.807) is 17.8 Å².